The minimum Gasteiger partial charge on any atom is -0.357 e. The average Bonchev–Trinajstić information content (AvgIpc) is 3.51. The van der Waals surface area contributed by atoms with Crippen LogP contribution in [-0.2, 0) is 11.3 Å². The number of nitrogens with one attached hydrogen (secondary N) is 3. The van der Waals surface area contributed by atoms with E-state index < -0.39 is 0 Å². The fourth-order valence-electron chi connectivity index (χ4n) is 4.12. The molecule has 3 N–H and O–H groups in total. The third-order valence-corrected chi connectivity index (χ3v) is 6.51. The molecule has 1 aliphatic rings. The number of nitrogens with zero attached hydrogens (tertiary/aromatic N) is 2. The zero-order chi connectivity index (χ0) is 22.7. The van der Waals surface area contributed by atoms with Gasteiger partial charge in [-0.15, -0.1) is 11.3 Å². The van der Waals surface area contributed by atoms with E-state index in [9.17, 15) is 9.59 Å². The topological polar surface area (TPSA) is 90.1 Å². The first-order valence-electron chi connectivity index (χ1n) is 10.9. The Hall–Kier alpha value is -2.97. The smallest absolute Gasteiger partial charge is 0.270 e. The van der Waals surface area contributed by atoms with Crippen LogP contribution in [0.1, 0.15) is 45.0 Å². The second-order valence-electron chi connectivity index (χ2n) is 8.35. The van der Waals surface area contributed by atoms with Crippen molar-refractivity contribution in [3.63, 3.8) is 0 Å². The molecule has 1 fully saturated rings. The van der Waals surface area contributed by atoms with E-state index in [2.05, 4.69) is 39.7 Å². The lowest BCUT2D eigenvalue weighted by atomic mass is 10.1. The van der Waals surface area contributed by atoms with Crippen LogP contribution in [-0.4, -0.2) is 46.3 Å². The van der Waals surface area contributed by atoms with Crippen molar-refractivity contribution in [2.24, 2.45) is 0 Å². The van der Waals surface area contributed by atoms with E-state index >= 15 is 0 Å². The summed E-state index contributed by atoms with van der Waals surface area (Å²) in [6.45, 7) is 8.44. The summed E-state index contributed by atoms with van der Waals surface area (Å²) in [6, 6.07) is 6.00. The molecule has 0 atom stereocenters. The maximum absolute atomic E-state index is 12.5. The van der Waals surface area contributed by atoms with E-state index in [1.54, 1.807) is 0 Å². The highest BCUT2D eigenvalue weighted by atomic mass is 32.1. The Morgan fingerprint density at radius 2 is 1.84 bits per heavy atom. The zero-order valence-corrected chi connectivity index (χ0v) is 19.6. The highest BCUT2D eigenvalue weighted by Crippen LogP contribution is 2.24. The van der Waals surface area contributed by atoms with Gasteiger partial charge < -0.3 is 20.5 Å². The molecule has 0 saturated carbocycles. The first kappa shape index (κ1) is 22.2. The van der Waals surface area contributed by atoms with Crippen LogP contribution in [0.25, 0.3) is 11.3 Å². The maximum Gasteiger partial charge on any atom is 0.270 e. The molecule has 0 radical (unpaired) electrons. The Balaban J connectivity index is 1.29. The molecule has 8 heteroatoms. The van der Waals surface area contributed by atoms with Crippen molar-refractivity contribution in [3.8, 4) is 11.3 Å². The third kappa shape index (κ3) is 5.08. The van der Waals surface area contributed by atoms with Crippen LogP contribution >= 0.6 is 11.3 Å². The van der Waals surface area contributed by atoms with Crippen molar-refractivity contribution < 1.29 is 9.59 Å². The Labute approximate surface area is 192 Å². The van der Waals surface area contributed by atoms with Gasteiger partial charge in [-0.2, -0.15) is 0 Å². The Morgan fingerprint density at radius 1 is 1.12 bits per heavy atom. The number of benzene rings is 1. The second kappa shape index (κ2) is 9.67. The molecule has 1 aliphatic heterocycles. The maximum atomic E-state index is 12.5. The van der Waals surface area contributed by atoms with E-state index in [0.29, 0.717) is 12.2 Å². The molecular formula is C24H29N5O2S. The van der Waals surface area contributed by atoms with Crippen LogP contribution in [0.4, 0.5) is 5.69 Å². The molecule has 3 heterocycles. The van der Waals surface area contributed by atoms with E-state index in [-0.39, 0.29) is 18.4 Å². The Bertz CT molecular complexity index is 1100. The van der Waals surface area contributed by atoms with Gasteiger partial charge in [-0.3, -0.25) is 9.59 Å². The number of aryl methyl sites for hydroxylation is 3. The van der Waals surface area contributed by atoms with Gasteiger partial charge in [-0.1, -0.05) is 17.7 Å². The zero-order valence-electron chi connectivity index (χ0n) is 18.7. The third-order valence-electron chi connectivity index (χ3n) is 5.66. The summed E-state index contributed by atoms with van der Waals surface area (Å²) in [5.74, 6) is -0.0246. The van der Waals surface area contributed by atoms with Gasteiger partial charge in [0.2, 0.25) is 5.91 Å². The van der Waals surface area contributed by atoms with E-state index in [0.717, 1.165) is 59.0 Å². The van der Waals surface area contributed by atoms with Crippen LogP contribution in [0.2, 0.25) is 0 Å². The lowest BCUT2D eigenvalue weighted by molar-refractivity contribution is -0.115. The van der Waals surface area contributed by atoms with Gasteiger partial charge in [-0.05, 0) is 50.8 Å². The van der Waals surface area contributed by atoms with Crippen molar-refractivity contribution in [3.05, 3.63) is 57.2 Å². The number of anilines is 1. The van der Waals surface area contributed by atoms with Crippen molar-refractivity contribution in [2.45, 2.75) is 40.2 Å². The summed E-state index contributed by atoms with van der Waals surface area (Å²) in [4.78, 5) is 34.5. The second-order valence-corrected chi connectivity index (χ2v) is 9.30. The summed E-state index contributed by atoms with van der Waals surface area (Å²) in [6.07, 6.45) is 3.98. The number of carbonyl (C=O) groups excluding carboxylic acids is 2. The number of likely N-dealkylation sites (tertiary alicyclic amines) is 1. The molecule has 2 amide bonds. The van der Waals surface area contributed by atoms with Crippen LogP contribution in [0.15, 0.2) is 29.8 Å². The fourth-order valence-corrected chi connectivity index (χ4v) is 4.90. The summed E-state index contributed by atoms with van der Waals surface area (Å²) >= 11 is 1.53. The minimum absolute atomic E-state index is 0.0518. The number of hydrogen-bond acceptors (Lipinski definition) is 5. The fraction of sp³-hybridized carbons (Fsp3) is 0.375. The SMILES string of the molecule is Cc1cc(C)c(NC(=O)CNCc2nc(-c3c[nH]c(C(=O)N4CCCC4)c3)cs2)c(C)c1. The lowest BCUT2D eigenvalue weighted by Gasteiger charge is -2.13. The predicted molar refractivity (Wildman–Crippen MR) is 128 cm³/mol. The Kier molecular flexibility index (Phi) is 6.72. The molecule has 0 unspecified atom stereocenters. The van der Waals surface area contributed by atoms with E-state index in [1.807, 2.05) is 36.4 Å². The normalized spacial score (nSPS) is 13.5. The summed E-state index contributed by atoms with van der Waals surface area (Å²) in [5.41, 5.74) is 6.53. The van der Waals surface area contributed by atoms with Crippen molar-refractivity contribution in [2.75, 3.05) is 25.0 Å². The number of thiazole rings is 1. The standard InChI is InChI=1S/C24H29N5O2S/c1-15-8-16(2)23(17(3)9-15)28-21(30)12-25-13-22-27-20(14-32-22)18-10-19(26-11-18)24(31)29-6-4-5-7-29/h8-11,14,25-26H,4-7,12-13H2,1-3H3,(H,28,30). The first-order valence-corrected chi connectivity index (χ1v) is 11.8. The van der Waals surface area contributed by atoms with Gasteiger partial charge in [0.05, 0.1) is 12.2 Å². The predicted octanol–water partition coefficient (Wildman–Crippen LogP) is 4.03. The number of H-pyrrole nitrogens is 1. The summed E-state index contributed by atoms with van der Waals surface area (Å²) < 4.78 is 0. The molecule has 0 spiro atoms. The van der Waals surface area contributed by atoms with Crippen LogP contribution < -0.4 is 10.6 Å². The van der Waals surface area contributed by atoms with Gasteiger partial charge in [0.15, 0.2) is 0 Å². The Morgan fingerprint density at radius 3 is 2.56 bits per heavy atom. The molecule has 0 aliphatic carbocycles. The molecule has 4 rings (SSSR count). The van der Waals surface area contributed by atoms with Crippen molar-refractivity contribution in [1.82, 2.24) is 20.2 Å². The van der Waals surface area contributed by atoms with Crippen LogP contribution in [0.3, 0.4) is 0 Å². The van der Waals surface area contributed by atoms with Gasteiger partial charge in [0.1, 0.15) is 10.7 Å². The summed E-state index contributed by atoms with van der Waals surface area (Å²) in [5, 5.41) is 9.03. The summed E-state index contributed by atoms with van der Waals surface area (Å²) in [7, 11) is 0. The van der Waals surface area contributed by atoms with Crippen LogP contribution in [0, 0.1) is 20.8 Å². The van der Waals surface area contributed by atoms with Gasteiger partial charge in [-0.25, -0.2) is 4.98 Å². The number of aromatic amines is 1. The minimum atomic E-state index is -0.0764. The highest BCUT2D eigenvalue weighted by Gasteiger charge is 2.21. The van der Waals surface area contributed by atoms with E-state index in [1.165, 1.54) is 16.9 Å². The quantitative estimate of drug-likeness (QED) is 0.506. The van der Waals surface area contributed by atoms with E-state index in [4.69, 9.17) is 0 Å². The van der Waals surface area contributed by atoms with Crippen LogP contribution in [0.5, 0.6) is 0 Å². The highest BCUT2D eigenvalue weighted by molar-refractivity contribution is 7.09. The van der Waals surface area contributed by atoms with Gasteiger partial charge in [0, 0.05) is 42.5 Å². The number of carbonyl (C=O) groups is 2. The average molecular weight is 452 g/mol. The molecule has 3 aromatic rings. The molecular weight excluding hydrogens is 422 g/mol. The molecule has 7 nitrogen and oxygen atoms in total. The number of rotatable bonds is 7. The largest absolute Gasteiger partial charge is 0.357 e. The van der Waals surface area contributed by atoms with Crippen molar-refractivity contribution in [1.29, 1.82) is 0 Å². The number of hydrogen-bond donors (Lipinski definition) is 3. The van der Waals surface area contributed by atoms with Crippen molar-refractivity contribution >= 4 is 28.8 Å². The first-order chi connectivity index (χ1) is 15.4. The molecule has 1 saturated heterocycles. The monoisotopic (exact) mass is 451 g/mol. The van der Waals surface area contributed by atoms with Gasteiger partial charge in [0.25, 0.3) is 5.91 Å². The number of amides is 2. The number of aromatic nitrogens is 2. The molecule has 1 aromatic carbocycles. The molecule has 0 bridgehead atoms. The molecule has 2 aromatic heterocycles. The molecule has 168 valence electrons. The lowest BCUT2D eigenvalue weighted by Crippen LogP contribution is -2.28. The molecule has 32 heavy (non-hydrogen) atoms. The van der Waals surface area contributed by atoms with Gasteiger partial charge >= 0.3 is 0 Å².